The van der Waals surface area contributed by atoms with Gasteiger partial charge in [0.1, 0.15) is 5.82 Å². The van der Waals surface area contributed by atoms with E-state index in [1.165, 1.54) is 37.1 Å². The van der Waals surface area contributed by atoms with E-state index < -0.39 is 0 Å². The van der Waals surface area contributed by atoms with Crippen LogP contribution in [0.3, 0.4) is 0 Å². The van der Waals surface area contributed by atoms with E-state index in [0.717, 1.165) is 24.2 Å². The number of piperidine rings is 3. The zero-order chi connectivity index (χ0) is 18.4. The van der Waals surface area contributed by atoms with E-state index in [0.29, 0.717) is 18.0 Å². The van der Waals surface area contributed by atoms with Gasteiger partial charge in [-0.15, -0.1) is 0 Å². The normalized spacial score (nSPS) is 32.6. The van der Waals surface area contributed by atoms with Crippen molar-refractivity contribution >= 4 is 11.8 Å². The molecule has 3 atom stereocenters. The lowest BCUT2D eigenvalue weighted by Crippen LogP contribution is -2.59. The van der Waals surface area contributed by atoms with Crippen molar-refractivity contribution in [3.05, 3.63) is 53.6 Å². The van der Waals surface area contributed by atoms with Crippen molar-refractivity contribution in [1.82, 2.24) is 19.8 Å². The summed E-state index contributed by atoms with van der Waals surface area (Å²) in [6.07, 6.45) is 8.55. The fraction of sp³-hybridized carbons (Fsp3) is 0.524. The smallest absolute Gasteiger partial charge is 0.187 e. The van der Waals surface area contributed by atoms with Crippen molar-refractivity contribution in [2.75, 3.05) is 25.9 Å². The second-order valence-corrected chi connectivity index (χ2v) is 8.79. The van der Waals surface area contributed by atoms with Crippen LogP contribution in [0.2, 0.25) is 0 Å². The number of nitrogens with zero attached hydrogens (tertiary/aromatic N) is 4. The molecule has 0 aliphatic carbocycles. The largest absolute Gasteiger partial charge is 0.298 e. The summed E-state index contributed by atoms with van der Waals surface area (Å²) in [4.78, 5) is 14.2. The fourth-order valence-corrected chi connectivity index (χ4v) is 5.81. The van der Waals surface area contributed by atoms with Gasteiger partial charge in [0.25, 0.3) is 0 Å². The van der Waals surface area contributed by atoms with E-state index in [1.54, 1.807) is 23.9 Å². The summed E-state index contributed by atoms with van der Waals surface area (Å²) in [6.45, 7) is 4.35. The third-order valence-electron chi connectivity index (χ3n) is 6.64. The summed E-state index contributed by atoms with van der Waals surface area (Å²) in [5, 5.41) is 0.824. The molecule has 4 nitrogen and oxygen atoms in total. The molecule has 0 amide bonds. The first-order valence-electron chi connectivity index (χ1n) is 9.81. The van der Waals surface area contributed by atoms with Gasteiger partial charge >= 0.3 is 0 Å². The van der Waals surface area contributed by atoms with Gasteiger partial charge in [0.2, 0.25) is 0 Å². The first-order chi connectivity index (χ1) is 13.2. The number of likely N-dealkylation sites (tertiary alicyclic amines) is 1. The van der Waals surface area contributed by atoms with Crippen molar-refractivity contribution in [1.29, 1.82) is 0 Å². The zero-order valence-corrected chi connectivity index (χ0v) is 16.4. The van der Waals surface area contributed by atoms with Gasteiger partial charge in [-0.1, -0.05) is 23.9 Å². The van der Waals surface area contributed by atoms with Crippen molar-refractivity contribution in [3.8, 4) is 0 Å². The molecule has 1 aromatic heterocycles. The number of rotatable bonds is 4. The van der Waals surface area contributed by atoms with Crippen LogP contribution in [0.25, 0.3) is 0 Å². The van der Waals surface area contributed by atoms with Crippen LogP contribution >= 0.6 is 11.8 Å². The van der Waals surface area contributed by atoms with E-state index >= 15 is 0 Å². The molecule has 142 valence electrons. The molecule has 1 aromatic carbocycles. The molecule has 4 fully saturated rings. The Balaban J connectivity index is 1.43. The molecule has 5 heterocycles. The minimum absolute atomic E-state index is 0.151. The third-order valence-corrected chi connectivity index (χ3v) is 7.22. The molecule has 2 bridgehead atoms. The van der Waals surface area contributed by atoms with Crippen molar-refractivity contribution in [2.24, 2.45) is 5.92 Å². The van der Waals surface area contributed by atoms with Gasteiger partial charge in [-0.05, 0) is 55.8 Å². The van der Waals surface area contributed by atoms with E-state index in [2.05, 4.69) is 19.8 Å². The topological polar surface area (TPSA) is 32.3 Å². The highest BCUT2D eigenvalue weighted by atomic mass is 32.2. The molecule has 4 aliphatic rings. The number of aromatic nitrogens is 2. The number of fused-ring (bicyclic) bond motifs is 2. The Morgan fingerprint density at radius 1 is 1.07 bits per heavy atom. The van der Waals surface area contributed by atoms with Crippen molar-refractivity contribution < 1.29 is 4.39 Å². The van der Waals surface area contributed by atoms with Crippen molar-refractivity contribution in [2.45, 2.75) is 42.5 Å². The summed E-state index contributed by atoms with van der Waals surface area (Å²) >= 11 is 1.57. The van der Waals surface area contributed by atoms with Crippen LogP contribution in [0.5, 0.6) is 0 Å². The number of hydrogen-bond donors (Lipinski definition) is 0. The van der Waals surface area contributed by atoms with E-state index in [-0.39, 0.29) is 5.82 Å². The first-order valence-corrected chi connectivity index (χ1v) is 11.0. The first kappa shape index (κ1) is 17.6. The maximum absolute atomic E-state index is 13.4. The second kappa shape index (κ2) is 7.15. The van der Waals surface area contributed by atoms with Gasteiger partial charge in [-0.2, -0.15) is 0 Å². The van der Waals surface area contributed by atoms with Crippen LogP contribution in [-0.2, 0) is 6.54 Å². The minimum atomic E-state index is -0.151. The number of halogens is 1. The molecule has 27 heavy (non-hydrogen) atoms. The molecule has 4 aliphatic heterocycles. The highest BCUT2D eigenvalue weighted by molar-refractivity contribution is 7.98. The standard InChI is InChI=1S/C21H25FN4S/c1-27-21-23-10-14(11-24-21)12-26-13-18(15-2-4-17(22)5-3-15)20-19(26)16-6-8-25(20)9-7-16/h2-5,10-11,16,18-20H,6-9,12-13H2,1H3/t18-,19+,20+/m1/s1. The SMILES string of the molecule is CSc1ncc(CN2C[C@H](c3ccc(F)cc3)[C@H]3[C@@H]2C2CCN3CC2)cn1. The lowest BCUT2D eigenvalue weighted by molar-refractivity contribution is -0.00874. The molecule has 6 heteroatoms. The summed E-state index contributed by atoms with van der Waals surface area (Å²) in [5.74, 6) is 1.07. The molecule has 2 aromatic rings. The molecule has 0 saturated carbocycles. The van der Waals surface area contributed by atoms with Crippen LogP contribution in [0, 0.1) is 11.7 Å². The lowest BCUT2D eigenvalue weighted by atomic mass is 9.75. The predicted octanol–water partition coefficient (Wildman–Crippen LogP) is 3.40. The molecule has 4 saturated heterocycles. The fourth-order valence-electron chi connectivity index (χ4n) is 5.49. The van der Waals surface area contributed by atoms with E-state index in [9.17, 15) is 4.39 Å². The Hall–Kier alpha value is -1.50. The average molecular weight is 385 g/mol. The Labute approximate surface area is 164 Å². The van der Waals surface area contributed by atoms with Gasteiger partial charge in [-0.25, -0.2) is 14.4 Å². The van der Waals surface area contributed by atoms with Crippen LogP contribution < -0.4 is 0 Å². The molecule has 0 N–H and O–H groups in total. The van der Waals surface area contributed by atoms with E-state index in [4.69, 9.17) is 0 Å². The molecule has 0 radical (unpaired) electrons. The number of hydrogen-bond acceptors (Lipinski definition) is 5. The molecule has 6 rings (SSSR count). The Bertz CT molecular complexity index is 789. The summed E-state index contributed by atoms with van der Waals surface area (Å²) < 4.78 is 13.4. The highest BCUT2D eigenvalue weighted by Crippen LogP contribution is 2.46. The van der Waals surface area contributed by atoms with Crippen LogP contribution in [0.1, 0.15) is 29.9 Å². The third kappa shape index (κ3) is 3.18. The molecule has 0 spiro atoms. The summed E-state index contributed by atoms with van der Waals surface area (Å²) in [7, 11) is 0. The monoisotopic (exact) mass is 384 g/mol. The minimum Gasteiger partial charge on any atom is -0.298 e. The number of benzene rings is 1. The Morgan fingerprint density at radius 3 is 2.44 bits per heavy atom. The zero-order valence-electron chi connectivity index (χ0n) is 15.6. The van der Waals surface area contributed by atoms with Crippen molar-refractivity contribution in [3.63, 3.8) is 0 Å². The quantitative estimate of drug-likeness (QED) is 0.596. The van der Waals surface area contributed by atoms with Crippen LogP contribution in [-0.4, -0.2) is 57.7 Å². The van der Waals surface area contributed by atoms with E-state index in [1.807, 2.05) is 30.8 Å². The van der Waals surface area contributed by atoms with Gasteiger partial charge in [0.15, 0.2) is 5.16 Å². The second-order valence-electron chi connectivity index (χ2n) is 8.02. The predicted molar refractivity (Wildman–Crippen MR) is 105 cm³/mol. The Morgan fingerprint density at radius 2 is 1.78 bits per heavy atom. The maximum atomic E-state index is 13.4. The van der Waals surface area contributed by atoms with Crippen LogP contribution in [0.4, 0.5) is 4.39 Å². The number of thioether (sulfide) groups is 1. The maximum Gasteiger partial charge on any atom is 0.187 e. The van der Waals surface area contributed by atoms with Gasteiger partial charge in [0.05, 0.1) is 0 Å². The van der Waals surface area contributed by atoms with Gasteiger partial charge in [0, 0.05) is 49.0 Å². The molecular formula is C21H25FN4S. The molecule has 0 unspecified atom stereocenters. The molecular weight excluding hydrogens is 359 g/mol. The van der Waals surface area contributed by atoms with Crippen LogP contribution in [0.15, 0.2) is 41.8 Å². The summed E-state index contributed by atoms with van der Waals surface area (Å²) in [6, 6.07) is 8.33. The highest BCUT2D eigenvalue weighted by Gasteiger charge is 2.53. The van der Waals surface area contributed by atoms with Gasteiger partial charge < -0.3 is 0 Å². The lowest BCUT2D eigenvalue weighted by Gasteiger charge is -2.51. The average Bonchev–Trinajstić information content (AvgIpc) is 3.11. The van der Waals surface area contributed by atoms with Gasteiger partial charge in [-0.3, -0.25) is 9.80 Å². The Kier molecular flexibility index (Phi) is 4.66. The summed E-state index contributed by atoms with van der Waals surface area (Å²) in [5.41, 5.74) is 2.46.